The summed E-state index contributed by atoms with van der Waals surface area (Å²) in [6, 6.07) is 4.44. The van der Waals surface area contributed by atoms with Crippen LogP contribution >= 0.6 is 0 Å². The molecule has 0 fully saturated rings. The first-order valence-corrected chi connectivity index (χ1v) is 5.84. The lowest BCUT2D eigenvalue weighted by atomic mass is 10.1. The minimum atomic E-state index is -1.19. The predicted molar refractivity (Wildman–Crippen MR) is 70.4 cm³/mol. The highest BCUT2D eigenvalue weighted by Crippen LogP contribution is 2.08. The van der Waals surface area contributed by atoms with Gasteiger partial charge in [0.25, 0.3) is 5.91 Å². The van der Waals surface area contributed by atoms with Gasteiger partial charge in [0.2, 0.25) is 0 Å². The SMILES string of the molecule is COC(=O)c1ccc(C(=O)OC(C)C(=O)NC(N)=O)cc1. The second-order valence-corrected chi connectivity index (χ2v) is 3.97. The van der Waals surface area contributed by atoms with Gasteiger partial charge < -0.3 is 15.2 Å². The molecule has 21 heavy (non-hydrogen) atoms. The van der Waals surface area contributed by atoms with Crippen molar-refractivity contribution >= 4 is 23.9 Å². The number of rotatable bonds is 4. The maximum Gasteiger partial charge on any atom is 0.338 e. The fourth-order valence-corrected chi connectivity index (χ4v) is 1.37. The number of esters is 2. The van der Waals surface area contributed by atoms with Crippen LogP contribution in [0.5, 0.6) is 0 Å². The van der Waals surface area contributed by atoms with Gasteiger partial charge in [-0.15, -0.1) is 0 Å². The van der Waals surface area contributed by atoms with Crippen LogP contribution in [0.1, 0.15) is 27.6 Å². The number of hydrogen-bond donors (Lipinski definition) is 2. The van der Waals surface area contributed by atoms with E-state index in [1.54, 1.807) is 5.32 Å². The van der Waals surface area contributed by atoms with Crippen molar-refractivity contribution in [2.45, 2.75) is 13.0 Å². The highest BCUT2D eigenvalue weighted by atomic mass is 16.5. The molecule has 0 saturated heterocycles. The second kappa shape index (κ2) is 7.04. The minimum absolute atomic E-state index is 0.140. The summed E-state index contributed by atoms with van der Waals surface area (Å²) >= 11 is 0. The van der Waals surface area contributed by atoms with Crippen LogP contribution in [0.2, 0.25) is 0 Å². The number of amides is 3. The molecule has 0 aliphatic rings. The Hall–Kier alpha value is -2.90. The van der Waals surface area contributed by atoms with E-state index >= 15 is 0 Å². The Morgan fingerprint density at radius 3 is 1.95 bits per heavy atom. The van der Waals surface area contributed by atoms with E-state index in [4.69, 9.17) is 10.5 Å². The third-order valence-electron chi connectivity index (χ3n) is 2.44. The zero-order valence-electron chi connectivity index (χ0n) is 11.4. The molecule has 1 unspecified atom stereocenters. The third kappa shape index (κ3) is 4.60. The Morgan fingerprint density at radius 1 is 1.05 bits per heavy atom. The molecule has 8 heteroatoms. The van der Waals surface area contributed by atoms with Crippen LogP contribution in [0.25, 0.3) is 0 Å². The maximum atomic E-state index is 11.8. The number of benzene rings is 1. The first-order valence-electron chi connectivity index (χ1n) is 5.84. The Morgan fingerprint density at radius 2 is 1.52 bits per heavy atom. The molecule has 0 aromatic heterocycles. The predicted octanol–water partition coefficient (Wildman–Crippen LogP) is 0.213. The molecule has 0 aliphatic heterocycles. The Balaban J connectivity index is 2.69. The quantitative estimate of drug-likeness (QED) is 0.765. The third-order valence-corrected chi connectivity index (χ3v) is 2.44. The monoisotopic (exact) mass is 294 g/mol. The smallest absolute Gasteiger partial charge is 0.338 e. The molecule has 0 saturated carbocycles. The summed E-state index contributed by atoms with van der Waals surface area (Å²) in [4.78, 5) is 44.8. The number of carbonyl (C=O) groups excluding carboxylic acids is 4. The lowest BCUT2D eigenvalue weighted by Gasteiger charge is -2.12. The van der Waals surface area contributed by atoms with Crippen LogP contribution in [-0.4, -0.2) is 37.1 Å². The molecule has 1 atom stereocenters. The zero-order valence-corrected chi connectivity index (χ0v) is 11.4. The highest BCUT2D eigenvalue weighted by molar-refractivity contribution is 5.98. The molecule has 8 nitrogen and oxygen atoms in total. The number of methoxy groups -OCH3 is 1. The Bertz CT molecular complexity index is 567. The topological polar surface area (TPSA) is 125 Å². The summed E-state index contributed by atoms with van der Waals surface area (Å²) in [6.07, 6.45) is -1.19. The van der Waals surface area contributed by atoms with Crippen molar-refractivity contribution in [3.05, 3.63) is 35.4 Å². The van der Waals surface area contributed by atoms with Crippen LogP contribution in [0.3, 0.4) is 0 Å². The zero-order chi connectivity index (χ0) is 16.0. The first-order chi connectivity index (χ1) is 9.85. The molecule has 0 heterocycles. The van der Waals surface area contributed by atoms with Gasteiger partial charge in [0.15, 0.2) is 6.10 Å². The molecule has 1 aromatic carbocycles. The van der Waals surface area contributed by atoms with Crippen LogP contribution in [-0.2, 0) is 14.3 Å². The summed E-state index contributed by atoms with van der Waals surface area (Å²) in [6.45, 7) is 1.29. The summed E-state index contributed by atoms with van der Waals surface area (Å²) < 4.78 is 9.37. The number of nitrogens with one attached hydrogen (secondary N) is 1. The van der Waals surface area contributed by atoms with Crippen molar-refractivity contribution in [3.63, 3.8) is 0 Å². The lowest BCUT2D eigenvalue weighted by molar-refractivity contribution is -0.127. The molecular formula is C13H14N2O6. The average Bonchev–Trinajstić information content (AvgIpc) is 2.45. The van der Waals surface area contributed by atoms with E-state index in [2.05, 4.69) is 4.74 Å². The summed E-state index contributed by atoms with van der Waals surface area (Å²) in [5.41, 5.74) is 5.19. The van der Waals surface area contributed by atoms with Crippen molar-refractivity contribution in [3.8, 4) is 0 Å². The largest absolute Gasteiger partial charge is 0.465 e. The van der Waals surface area contributed by atoms with Gasteiger partial charge >= 0.3 is 18.0 Å². The maximum absolute atomic E-state index is 11.8. The second-order valence-electron chi connectivity index (χ2n) is 3.97. The molecule has 3 amide bonds. The molecule has 3 N–H and O–H groups in total. The molecule has 0 radical (unpaired) electrons. The Labute approximate surface area is 120 Å². The standard InChI is InChI=1S/C13H14N2O6/c1-7(10(16)15-13(14)19)21-12(18)9-5-3-8(4-6-9)11(17)20-2/h3-7H,1-2H3,(H3,14,15,16,19). The first kappa shape index (κ1) is 16.2. The van der Waals surface area contributed by atoms with Gasteiger partial charge in [-0.05, 0) is 31.2 Å². The molecule has 1 rings (SSSR count). The van der Waals surface area contributed by atoms with E-state index in [1.807, 2.05) is 0 Å². The van der Waals surface area contributed by atoms with Gasteiger partial charge in [0.05, 0.1) is 18.2 Å². The normalized spacial score (nSPS) is 11.1. The molecule has 0 bridgehead atoms. The Kier molecular flexibility index (Phi) is 5.41. The van der Waals surface area contributed by atoms with Crippen molar-refractivity contribution in [1.82, 2.24) is 5.32 Å². The summed E-state index contributed by atoms with van der Waals surface area (Å²) in [7, 11) is 1.24. The van der Waals surface area contributed by atoms with Crippen molar-refractivity contribution in [2.75, 3.05) is 7.11 Å². The molecule has 1 aromatic rings. The van der Waals surface area contributed by atoms with Crippen molar-refractivity contribution in [1.29, 1.82) is 0 Å². The number of nitrogens with two attached hydrogens (primary N) is 1. The fraction of sp³-hybridized carbons (Fsp3) is 0.231. The van der Waals surface area contributed by atoms with E-state index in [1.165, 1.54) is 38.3 Å². The average molecular weight is 294 g/mol. The van der Waals surface area contributed by atoms with Crippen LogP contribution in [0, 0.1) is 0 Å². The van der Waals surface area contributed by atoms with E-state index < -0.39 is 30.0 Å². The number of hydrogen-bond acceptors (Lipinski definition) is 6. The van der Waals surface area contributed by atoms with Gasteiger partial charge in [-0.2, -0.15) is 0 Å². The van der Waals surface area contributed by atoms with Gasteiger partial charge in [-0.25, -0.2) is 14.4 Å². The van der Waals surface area contributed by atoms with Gasteiger partial charge in [0, 0.05) is 0 Å². The number of ether oxygens (including phenoxy) is 2. The summed E-state index contributed by atoms with van der Waals surface area (Å²) in [5.74, 6) is -2.15. The number of imide groups is 1. The minimum Gasteiger partial charge on any atom is -0.465 e. The lowest BCUT2D eigenvalue weighted by Crippen LogP contribution is -2.42. The number of urea groups is 1. The van der Waals surface area contributed by atoms with Crippen molar-refractivity contribution < 1.29 is 28.7 Å². The van der Waals surface area contributed by atoms with E-state index in [0.29, 0.717) is 0 Å². The van der Waals surface area contributed by atoms with Crippen molar-refractivity contribution in [2.24, 2.45) is 5.73 Å². The van der Waals surface area contributed by atoms with E-state index in [9.17, 15) is 19.2 Å². The molecule has 112 valence electrons. The van der Waals surface area contributed by atoms with E-state index in [0.717, 1.165) is 0 Å². The van der Waals surface area contributed by atoms with Crippen LogP contribution < -0.4 is 11.1 Å². The van der Waals surface area contributed by atoms with Crippen LogP contribution in [0.4, 0.5) is 4.79 Å². The van der Waals surface area contributed by atoms with Gasteiger partial charge in [-0.3, -0.25) is 10.1 Å². The van der Waals surface area contributed by atoms with Gasteiger partial charge in [0.1, 0.15) is 0 Å². The van der Waals surface area contributed by atoms with Crippen LogP contribution in [0.15, 0.2) is 24.3 Å². The molecule has 0 aliphatic carbocycles. The highest BCUT2D eigenvalue weighted by Gasteiger charge is 2.20. The summed E-state index contributed by atoms with van der Waals surface area (Å²) in [5, 5.41) is 1.79. The van der Waals surface area contributed by atoms with Gasteiger partial charge in [-0.1, -0.05) is 0 Å². The number of carbonyl (C=O) groups is 4. The fourth-order valence-electron chi connectivity index (χ4n) is 1.37. The molecular weight excluding hydrogens is 280 g/mol. The number of primary amides is 1. The molecule has 0 spiro atoms. The van der Waals surface area contributed by atoms with E-state index in [-0.39, 0.29) is 11.1 Å².